The van der Waals surface area contributed by atoms with Gasteiger partial charge in [0, 0.05) is 36.1 Å². The number of non-ortho nitro benzene ring substituents is 2. The van der Waals surface area contributed by atoms with Crippen LogP contribution in [0.5, 0.6) is 0 Å². The summed E-state index contributed by atoms with van der Waals surface area (Å²) in [6.45, 7) is 5.75. The SMILES string of the molecule is C[C@@H](O)[C@H]1C(=O)N2C(C(=O)OC(=O)c3ccc([N+](=O)[O-])cc3)=C(O)[C@H](C)[C@H]12.C[C@@H](O)[C@H]1C(=O)N[C@@H]1[C@@H](C)C(=O)C(=[N+]=[N-])C(=O)OC(=O)c1ccc([N+](=O)[O-])cc1. The number of ketones is 1. The number of rotatable bonds is 11. The van der Waals surface area contributed by atoms with Gasteiger partial charge in [-0.3, -0.25) is 39.5 Å². The number of nitrogens with zero attached hydrogens (tertiary/aromatic N) is 5. The summed E-state index contributed by atoms with van der Waals surface area (Å²) in [5.74, 6) is -10.7. The normalized spacial score (nSPS) is 22.2. The number of carbonyl (C=O) groups is 7. The first kappa shape index (κ1) is 41.7. The summed E-state index contributed by atoms with van der Waals surface area (Å²) in [5.41, 5.74) is 6.71. The number of nitrogens with one attached hydrogen (secondary N) is 1. The van der Waals surface area contributed by atoms with Crippen molar-refractivity contribution in [1.82, 2.24) is 10.2 Å². The number of fused-ring (bicyclic) bond motifs is 1. The van der Waals surface area contributed by atoms with Crippen LogP contribution < -0.4 is 5.32 Å². The molecule has 22 nitrogen and oxygen atoms in total. The molecule has 0 aliphatic carbocycles. The summed E-state index contributed by atoms with van der Waals surface area (Å²) in [4.78, 5) is 108. The van der Waals surface area contributed by atoms with Crippen LogP contribution in [0.4, 0.5) is 11.4 Å². The lowest BCUT2D eigenvalue weighted by molar-refractivity contribution is -0.385. The molecule has 0 radical (unpaired) electrons. The van der Waals surface area contributed by atoms with Crippen LogP contribution in [0.3, 0.4) is 0 Å². The standard InChI is InChI=1S/C17H16N4O8.C17H16N2O8/c1-7(12-11(8(2)22)15(24)19-12)14(23)13(20-18)17(26)29-16(25)9-3-5-10(6-4-9)21(27)28;1-7-12-11(8(2)20)15(22)18(12)13(14(7)21)17(24)27-16(23)9-3-5-10(6-4-9)19(25)26/h3-8,11-12,22H,1-2H3,(H,19,24);3-8,11-12,20-21H,1-2H3/t2*7-,8-,11-,12-/m11/s1. The number of Topliss-reactive ketones (excluding diaryl/α,β-unsaturated/α-hetero) is 1. The predicted octanol–water partition coefficient (Wildman–Crippen LogP) is 0.555. The summed E-state index contributed by atoms with van der Waals surface area (Å²) in [5, 5.41) is 53.2. The molecule has 0 aromatic heterocycles. The highest BCUT2D eigenvalue weighted by Crippen LogP contribution is 2.46. The molecule has 56 heavy (non-hydrogen) atoms. The van der Waals surface area contributed by atoms with E-state index in [1.165, 1.54) is 20.8 Å². The number of benzene rings is 2. The van der Waals surface area contributed by atoms with Gasteiger partial charge in [-0.2, -0.15) is 4.79 Å². The van der Waals surface area contributed by atoms with E-state index in [0.29, 0.717) is 0 Å². The van der Waals surface area contributed by atoms with Gasteiger partial charge in [-0.05, 0) is 38.1 Å². The van der Waals surface area contributed by atoms with E-state index in [1.807, 2.05) is 0 Å². The molecule has 294 valence electrons. The lowest BCUT2D eigenvalue weighted by Gasteiger charge is -2.46. The molecule has 2 aromatic carbocycles. The van der Waals surface area contributed by atoms with E-state index in [9.17, 15) is 69.1 Å². The van der Waals surface area contributed by atoms with E-state index < -0.39 is 116 Å². The Morgan fingerprint density at radius 3 is 1.70 bits per heavy atom. The van der Waals surface area contributed by atoms with Crippen LogP contribution >= 0.6 is 0 Å². The number of ether oxygens (including phenoxy) is 2. The second-order valence-corrected chi connectivity index (χ2v) is 12.9. The molecule has 2 aromatic rings. The van der Waals surface area contributed by atoms with Crippen molar-refractivity contribution in [3.8, 4) is 0 Å². The van der Waals surface area contributed by atoms with Crippen molar-refractivity contribution < 1.29 is 73.0 Å². The zero-order chi connectivity index (χ0) is 41.9. The quantitative estimate of drug-likeness (QED) is 0.0353. The number of aliphatic hydroxyl groups is 3. The molecule has 0 spiro atoms. The van der Waals surface area contributed by atoms with Crippen LogP contribution in [0.2, 0.25) is 0 Å². The zero-order valence-corrected chi connectivity index (χ0v) is 29.6. The van der Waals surface area contributed by atoms with Crippen molar-refractivity contribution in [2.75, 3.05) is 0 Å². The molecule has 3 aliphatic rings. The van der Waals surface area contributed by atoms with E-state index in [-0.39, 0.29) is 22.5 Å². The smallest absolute Gasteiger partial charge is 0.442 e. The average molecular weight is 781 g/mol. The fraction of sp³-hybridized carbons (Fsp3) is 0.353. The number of amides is 2. The number of hydrogen-bond acceptors (Lipinski definition) is 16. The van der Waals surface area contributed by atoms with Gasteiger partial charge in [-0.15, -0.1) is 0 Å². The minimum Gasteiger partial charge on any atom is -0.509 e. The summed E-state index contributed by atoms with van der Waals surface area (Å²) in [7, 11) is 0. The fourth-order valence-electron chi connectivity index (χ4n) is 6.28. The van der Waals surface area contributed by atoms with Gasteiger partial charge in [-0.1, -0.05) is 13.8 Å². The summed E-state index contributed by atoms with van der Waals surface area (Å²) in [6.07, 6.45) is -2.00. The third-order valence-corrected chi connectivity index (χ3v) is 9.32. The van der Waals surface area contributed by atoms with Crippen LogP contribution in [0.1, 0.15) is 48.4 Å². The van der Waals surface area contributed by atoms with Crippen molar-refractivity contribution in [3.05, 3.63) is 96.9 Å². The number of hydrogen-bond donors (Lipinski definition) is 4. The molecule has 0 bridgehead atoms. The maximum Gasteiger partial charge on any atom is 0.442 e. The van der Waals surface area contributed by atoms with Crippen LogP contribution in [0, 0.1) is 43.9 Å². The minimum atomic E-state index is -1.54. The maximum absolute atomic E-state index is 12.5. The Hall–Kier alpha value is -7.03. The second kappa shape index (κ2) is 16.5. The van der Waals surface area contributed by atoms with Gasteiger partial charge in [0.25, 0.3) is 17.2 Å². The van der Waals surface area contributed by atoms with Crippen molar-refractivity contribution >= 4 is 58.6 Å². The number of esters is 4. The second-order valence-electron chi connectivity index (χ2n) is 12.9. The van der Waals surface area contributed by atoms with Gasteiger partial charge in [0.05, 0.1) is 57.1 Å². The molecule has 2 saturated heterocycles. The van der Waals surface area contributed by atoms with E-state index in [2.05, 4.69) is 14.8 Å². The third kappa shape index (κ3) is 8.06. The molecule has 4 N–H and O–H groups in total. The Morgan fingerprint density at radius 1 is 0.821 bits per heavy atom. The van der Waals surface area contributed by atoms with Crippen LogP contribution in [-0.2, 0) is 33.4 Å². The van der Waals surface area contributed by atoms with Gasteiger partial charge in [-0.25, -0.2) is 19.2 Å². The van der Waals surface area contributed by atoms with Crippen LogP contribution in [0.15, 0.2) is 60.0 Å². The van der Waals surface area contributed by atoms with Gasteiger partial charge in [0.1, 0.15) is 5.76 Å². The Labute approximate surface area is 314 Å². The molecule has 0 saturated carbocycles. The molecular weight excluding hydrogens is 748 g/mol. The van der Waals surface area contributed by atoms with Crippen LogP contribution in [0.25, 0.3) is 5.53 Å². The van der Waals surface area contributed by atoms with Gasteiger partial charge >= 0.3 is 29.6 Å². The molecule has 2 amide bonds. The Bertz CT molecular complexity index is 2110. The number of aliphatic hydroxyl groups excluding tert-OH is 3. The molecule has 0 unspecified atom stereocenters. The first-order valence-electron chi connectivity index (χ1n) is 16.4. The topological polar surface area (TPSA) is 337 Å². The highest BCUT2D eigenvalue weighted by Gasteiger charge is 2.60. The zero-order valence-electron chi connectivity index (χ0n) is 29.6. The first-order chi connectivity index (χ1) is 26.2. The number of carbonyl (C=O) groups excluding carboxylic acids is 7. The number of nitro groups is 2. The lowest BCUT2D eigenvalue weighted by Crippen LogP contribution is -2.66. The molecule has 5 rings (SSSR count). The summed E-state index contributed by atoms with van der Waals surface area (Å²) >= 11 is 0. The van der Waals surface area contributed by atoms with Gasteiger partial charge in [0.15, 0.2) is 5.70 Å². The van der Waals surface area contributed by atoms with Crippen molar-refractivity contribution in [2.24, 2.45) is 23.7 Å². The largest absolute Gasteiger partial charge is 0.509 e. The summed E-state index contributed by atoms with van der Waals surface area (Å²) < 4.78 is 9.21. The van der Waals surface area contributed by atoms with Gasteiger partial charge in [0.2, 0.25) is 11.8 Å². The Kier molecular flexibility index (Phi) is 12.3. The number of β-lactam (4-membered cyclic amide) rings is 2. The highest BCUT2D eigenvalue weighted by molar-refractivity contribution is 6.63. The molecular formula is C34H32N6O16. The molecule has 8 atom stereocenters. The molecule has 2 fully saturated rings. The van der Waals surface area contributed by atoms with E-state index in [0.717, 1.165) is 53.4 Å². The first-order valence-corrected chi connectivity index (χ1v) is 16.4. The maximum atomic E-state index is 12.5. The van der Waals surface area contributed by atoms with E-state index >= 15 is 0 Å². The van der Waals surface area contributed by atoms with Crippen molar-refractivity contribution in [3.63, 3.8) is 0 Å². The van der Waals surface area contributed by atoms with Gasteiger partial charge < -0.3 is 35.6 Å². The molecule has 3 aliphatic heterocycles. The van der Waals surface area contributed by atoms with E-state index in [4.69, 9.17) is 10.3 Å². The minimum absolute atomic E-state index is 0.103. The third-order valence-electron chi connectivity index (χ3n) is 9.32. The van der Waals surface area contributed by atoms with Crippen molar-refractivity contribution in [1.29, 1.82) is 0 Å². The number of nitro benzene ring substituents is 2. The average Bonchev–Trinajstić information content (AvgIpc) is 3.35. The van der Waals surface area contributed by atoms with Crippen molar-refractivity contribution in [2.45, 2.75) is 52.0 Å². The molecule has 3 heterocycles. The lowest BCUT2D eigenvalue weighted by atomic mass is 9.76. The van der Waals surface area contributed by atoms with Crippen LogP contribution in [-0.4, -0.2) is 106 Å². The highest BCUT2D eigenvalue weighted by atomic mass is 16.6. The Balaban J connectivity index is 0.000000249. The Morgan fingerprint density at radius 2 is 1.29 bits per heavy atom. The molecule has 22 heteroatoms. The van der Waals surface area contributed by atoms with E-state index in [1.54, 1.807) is 6.92 Å². The monoisotopic (exact) mass is 780 g/mol. The fourth-order valence-corrected chi connectivity index (χ4v) is 6.28. The summed E-state index contributed by atoms with van der Waals surface area (Å²) in [6, 6.07) is 7.15. The predicted molar refractivity (Wildman–Crippen MR) is 182 cm³/mol.